The van der Waals surface area contributed by atoms with Crippen molar-refractivity contribution in [2.75, 3.05) is 7.11 Å². The smallest absolute Gasteiger partial charge is 0.340 e. The van der Waals surface area contributed by atoms with E-state index in [9.17, 15) is 4.79 Å². The van der Waals surface area contributed by atoms with Crippen molar-refractivity contribution in [3.8, 4) is 5.75 Å². The minimum absolute atomic E-state index is 0.296. The second kappa shape index (κ2) is 7.06. The van der Waals surface area contributed by atoms with Crippen LogP contribution in [0.25, 0.3) is 0 Å². The van der Waals surface area contributed by atoms with E-state index in [-0.39, 0.29) is 5.97 Å². The number of nitrogens with zero attached hydrogens (tertiary/aromatic N) is 1. The summed E-state index contributed by atoms with van der Waals surface area (Å²) in [4.78, 5) is 14.3. The molecule has 1 aromatic heterocycles. The van der Waals surface area contributed by atoms with Gasteiger partial charge in [0, 0.05) is 17.7 Å². The fourth-order valence-electron chi connectivity index (χ4n) is 3.27. The SMILES string of the molecule is COc1ccccc1CN(Cc1ccco1)C1OC(=O)c2ccccc21. The molecule has 0 saturated heterocycles. The van der Waals surface area contributed by atoms with Crippen LogP contribution in [0.1, 0.15) is 33.5 Å². The molecule has 132 valence electrons. The van der Waals surface area contributed by atoms with E-state index >= 15 is 0 Å². The molecule has 0 amide bonds. The van der Waals surface area contributed by atoms with Crippen molar-refractivity contribution >= 4 is 5.97 Å². The van der Waals surface area contributed by atoms with E-state index < -0.39 is 6.23 Å². The van der Waals surface area contributed by atoms with Crippen molar-refractivity contribution < 1.29 is 18.7 Å². The van der Waals surface area contributed by atoms with E-state index in [2.05, 4.69) is 4.90 Å². The van der Waals surface area contributed by atoms with Gasteiger partial charge < -0.3 is 13.9 Å². The van der Waals surface area contributed by atoms with E-state index in [1.54, 1.807) is 19.4 Å². The lowest BCUT2D eigenvalue weighted by atomic mass is 10.1. The summed E-state index contributed by atoms with van der Waals surface area (Å²) in [6.07, 6.45) is 1.18. The van der Waals surface area contributed by atoms with E-state index in [0.29, 0.717) is 18.7 Å². The molecule has 5 nitrogen and oxygen atoms in total. The van der Waals surface area contributed by atoms with Crippen molar-refractivity contribution in [2.24, 2.45) is 0 Å². The van der Waals surface area contributed by atoms with Gasteiger partial charge in [-0.05, 0) is 24.3 Å². The molecule has 3 aromatic rings. The molecular weight excluding hydrogens is 330 g/mol. The summed E-state index contributed by atoms with van der Waals surface area (Å²) < 4.78 is 16.7. The van der Waals surface area contributed by atoms with Crippen LogP contribution in [0.15, 0.2) is 71.3 Å². The summed E-state index contributed by atoms with van der Waals surface area (Å²) in [6, 6.07) is 19.1. The topological polar surface area (TPSA) is 51.9 Å². The number of cyclic esters (lactones) is 1. The highest BCUT2D eigenvalue weighted by Crippen LogP contribution is 2.36. The first-order chi connectivity index (χ1) is 12.8. The third-order valence-electron chi connectivity index (χ3n) is 4.50. The first kappa shape index (κ1) is 16.4. The maximum Gasteiger partial charge on any atom is 0.340 e. The Balaban J connectivity index is 1.69. The van der Waals surface area contributed by atoms with Crippen LogP contribution in [0.3, 0.4) is 0 Å². The summed E-state index contributed by atoms with van der Waals surface area (Å²) >= 11 is 0. The number of fused-ring (bicyclic) bond motifs is 1. The normalized spacial score (nSPS) is 15.8. The highest BCUT2D eigenvalue weighted by atomic mass is 16.6. The van der Waals surface area contributed by atoms with Gasteiger partial charge in [0.1, 0.15) is 11.5 Å². The molecule has 26 heavy (non-hydrogen) atoms. The zero-order valence-corrected chi connectivity index (χ0v) is 14.4. The Morgan fingerprint density at radius 3 is 2.62 bits per heavy atom. The Morgan fingerprint density at radius 1 is 1.00 bits per heavy atom. The second-order valence-electron chi connectivity index (χ2n) is 6.14. The number of rotatable bonds is 6. The van der Waals surface area contributed by atoms with Crippen LogP contribution < -0.4 is 4.74 Å². The molecule has 2 aromatic carbocycles. The van der Waals surface area contributed by atoms with Crippen LogP contribution in [0.2, 0.25) is 0 Å². The summed E-state index contributed by atoms with van der Waals surface area (Å²) in [5, 5.41) is 0. The standard InChI is InChI=1S/C21H19NO4/c1-24-19-11-5-2-7-15(19)13-22(14-16-8-6-12-25-16)20-17-9-3-4-10-18(17)21(23)26-20/h2-12,20H,13-14H2,1H3. The number of hydrogen-bond acceptors (Lipinski definition) is 5. The molecule has 0 N–H and O–H groups in total. The van der Waals surface area contributed by atoms with Crippen LogP contribution in [0.4, 0.5) is 0 Å². The van der Waals surface area contributed by atoms with Gasteiger partial charge in [0.25, 0.3) is 0 Å². The molecule has 1 aliphatic rings. The fourth-order valence-corrected chi connectivity index (χ4v) is 3.27. The van der Waals surface area contributed by atoms with Crippen molar-refractivity contribution in [2.45, 2.75) is 19.3 Å². The molecule has 0 aliphatic carbocycles. The van der Waals surface area contributed by atoms with Gasteiger partial charge in [0.2, 0.25) is 0 Å². The maximum absolute atomic E-state index is 12.3. The molecule has 0 radical (unpaired) electrons. The number of methoxy groups -OCH3 is 1. The summed E-state index contributed by atoms with van der Waals surface area (Å²) in [6.45, 7) is 1.06. The van der Waals surface area contributed by atoms with E-state index in [0.717, 1.165) is 22.6 Å². The zero-order chi connectivity index (χ0) is 17.9. The predicted octanol–water partition coefficient (Wildman–Crippen LogP) is 4.16. The van der Waals surface area contributed by atoms with E-state index in [1.807, 2.05) is 54.6 Å². The van der Waals surface area contributed by atoms with Gasteiger partial charge in [-0.2, -0.15) is 0 Å². The first-order valence-corrected chi connectivity index (χ1v) is 8.44. The monoisotopic (exact) mass is 349 g/mol. The van der Waals surface area contributed by atoms with Crippen LogP contribution in [-0.4, -0.2) is 18.0 Å². The van der Waals surface area contributed by atoms with Crippen LogP contribution in [0.5, 0.6) is 5.75 Å². The zero-order valence-electron chi connectivity index (χ0n) is 14.4. The summed E-state index contributed by atoms with van der Waals surface area (Å²) in [5.74, 6) is 1.31. The first-order valence-electron chi connectivity index (χ1n) is 8.44. The largest absolute Gasteiger partial charge is 0.496 e. The van der Waals surface area contributed by atoms with Gasteiger partial charge in [-0.1, -0.05) is 36.4 Å². The van der Waals surface area contributed by atoms with E-state index in [4.69, 9.17) is 13.9 Å². The van der Waals surface area contributed by atoms with Gasteiger partial charge in [-0.15, -0.1) is 0 Å². The third kappa shape index (κ3) is 3.09. The number of hydrogen-bond donors (Lipinski definition) is 0. The third-order valence-corrected chi connectivity index (χ3v) is 4.50. The fraction of sp³-hybridized carbons (Fsp3) is 0.190. The molecule has 0 saturated carbocycles. The Morgan fingerprint density at radius 2 is 1.81 bits per heavy atom. The number of ether oxygens (including phenoxy) is 2. The quantitative estimate of drug-likeness (QED) is 0.626. The minimum atomic E-state index is -0.464. The summed E-state index contributed by atoms with van der Waals surface area (Å²) in [5.41, 5.74) is 2.50. The van der Waals surface area contributed by atoms with Crippen molar-refractivity contribution in [3.05, 3.63) is 89.4 Å². The number of esters is 1. The molecule has 1 atom stereocenters. The van der Waals surface area contributed by atoms with Gasteiger partial charge in [0.15, 0.2) is 6.23 Å². The highest BCUT2D eigenvalue weighted by Gasteiger charge is 2.35. The molecule has 0 fully saturated rings. The predicted molar refractivity (Wildman–Crippen MR) is 95.5 cm³/mol. The molecule has 1 unspecified atom stereocenters. The average molecular weight is 349 g/mol. The number of furan rings is 1. The van der Waals surface area contributed by atoms with Gasteiger partial charge in [-0.3, -0.25) is 4.90 Å². The van der Waals surface area contributed by atoms with Crippen molar-refractivity contribution in [3.63, 3.8) is 0 Å². The minimum Gasteiger partial charge on any atom is -0.496 e. The Kier molecular flexibility index (Phi) is 4.46. The molecule has 4 rings (SSSR count). The lowest BCUT2D eigenvalue weighted by molar-refractivity contribution is -0.0337. The number of carbonyl (C=O) groups is 1. The number of para-hydroxylation sites is 1. The molecule has 0 spiro atoms. The highest BCUT2D eigenvalue weighted by molar-refractivity contribution is 5.93. The van der Waals surface area contributed by atoms with Crippen LogP contribution >= 0.6 is 0 Å². The summed E-state index contributed by atoms with van der Waals surface area (Å²) in [7, 11) is 1.65. The molecule has 2 heterocycles. The Hall–Kier alpha value is -3.05. The Bertz CT molecular complexity index is 904. The maximum atomic E-state index is 12.3. The second-order valence-corrected chi connectivity index (χ2v) is 6.14. The van der Waals surface area contributed by atoms with E-state index in [1.165, 1.54) is 0 Å². The number of carbonyl (C=O) groups excluding carboxylic acids is 1. The van der Waals surface area contributed by atoms with Gasteiger partial charge >= 0.3 is 5.97 Å². The lowest BCUT2D eigenvalue weighted by Crippen LogP contribution is -2.28. The molecule has 5 heteroatoms. The van der Waals surface area contributed by atoms with Gasteiger partial charge in [-0.25, -0.2) is 4.79 Å². The van der Waals surface area contributed by atoms with Crippen LogP contribution in [0, 0.1) is 0 Å². The molecule has 1 aliphatic heterocycles. The Labute approximate surface area is 151 Å². The lowest BCUT2D eigenvalue weighted by Gasteiger charge is -2.28. The molecular formula is C21H19NO4. The van der Waals surface area contributed by atoms with Crippen LogP contribution in [-0.2, 0) is 17.8 Å². The average Bonchev–Trinajstić information content (AvgIpc) is 3.30. The van der Waals surface area contributed by atoms with Crippen molar-refractivity contribution in [1.82, 2.24) is 4.90 Å². The number of benzene rings is 2. The van der Waals surface area contributed by atoms with Crippen molar-refractivity contribution in [1.29, 1.82) is 0 Å². The van der Waals surface area contributed by atoms with Gasteiger partial charge in [0.05, 0.1) is 25.5 Å². The molecule has 0 bridgehead atoms.